The first-order valence-corrected chi connectivity index (χ1v) is 11.2. The van der Waals surface area contributed by atoms with Crippen molar-refractivity contribution in [3.05, 3.63) is 35.5 Å². The highest BCUT2D eigenvalue weighted by molar-refractivity contribution is 5.94. The highest BCUT2D eigenvalue weighted by Gasteiger charge is 2.46. The fourth-order valence-electron chi connectivity index (χ4n) is 5.04. The molecular weight excluding hydrogens is 330 g/mol. The van der Waals surface area contributed by atoms with E-state index in [2.05, 4.69) is 46.0 Å². The lowest BCUT2D eigenvalue weighted by atomic mass is 9.87. The molecule has 2 aliphatic heterocycles. The fraction of sp³-hybridized carbons (Fsp3) is 0.720. The van der Waals surface area contributed by atoms with Gasteiger partial charge < -0.3 is 4.48 Å². The van der Waals surface area contributed by atoms with Gasteiger partial charge in [0, 0.05) is 18.8 Å². The van der Waals surface area contributed by atoms with E-state index in [4.69, 9.17) is 0 Å². The van der Waals surface area contributed by atoms with Gasteiger partial charge in [-0.15, -0.1) is 0 Å². The minimum absolute atomic E-state index is 0.341. The Labute approximate surface area is 168 Å². The summed E-state index contributed by atoms with van der Waals surface area (Å²) in [4.78, 5) is 12.5. The second-order valence-electron chi connectivity index (χ2n) is 9.57. The normalized spacial score (nSPS) is 29.6. The van der Waals surface area contributed by atoms with Crippen molar-refractivity contribution in [2.75, 3.05) is 20.1 Å². The van der Waals surface area contributed by atoms with Gasteiger partial charge in [0.25, 0.3) is 0 Å². The first-order valence-electron chi connectivity index (χ1n) is 11.2. The van der Waals surface area contributed by atoms with Crippen LogP contribution in [0.1, 0.15) is 79.1 Å². The summed E-state index contributed by atoms with van der Waals surface area (Å²) in [5, 5.41) is 0. The van der Waals surface area contributed by atoms with Gasteiger partial charge in [0.1, 0.15) is 0 Å². The highest BCUT2D eigenvalue weighted by Crippen LogP contribution is 2.39. The summed E-state index contributed by atoms with van der Waals surface area (Å²) in [6, 6.07) is 0.817. The number of rotatable bonds is 9. The molecule has 2 aliphatic rings. The molecule has 0 N–H and O–H groups in total. The quantitative estimate of drug-likeness (QED) is 0.203. The summed E-state index contributed by atoms with van der Waals surface area (Å²) in [5.74, 6) is 1.66. The number of hydrogen-bond acceptors (Lipinski definition) is 1. The number of Topliss-reactive ketones (excluding diaryl/α,β-unsaturated/α-hetero) is 1. The second kappa shape index (κ2) is 10.4. The van der Waals surface area contributed by atoms with Gasteiger partial charge in [0.05, 0.1) is 26.2 Å². The number of carbonyl (C=O) groups is 1. The van der Waals surface area contributed by atoms with Crippen molar-refractivity contribution in [3.8, 4) is 0 Å². The van der Waals surface area contributed by atoms with E-state index in [9.17, 15) is 4.79 Å². The van der Waals surface area contributed by atoms with Crippen LogP contribution in [-0.2, 0) is 4.79 Å². The van der Waals surface area contributed by atoms with Crippen molar-refractivity contribution >= 4 is 5.78 Å². The molecule has 4 atom stereocenters. The molecule has 2 fully saturated rings. The molecule has 0 bridgehead atoms. The summed E-state index contributed by atoms with van der Waals surface area (Å²) < 4.78 is 1.28. The molecule has 2 nitrogen and oxygen atoms in total. The summed E-state index contributed by atoms with van der Waals surface area (Å²) >= 11 is 0. The minimum Gasteiger partial charge on any atom is -0.323 e. The lowest BCUT2D eigenvalue weighted by Gasteiger charge is -2.41. The van der Waals surface area contributed by atoms with Gasteiger partial charge >= 0.3 is 0 Å². The largest absolute Gasteiger partial charge is 0.323 e. The van der Waals surface area contributed by atoms with Crippen LogP contribution in [0.4, 0.5) is 0 Å². The Morgan fingerprint density at radius 1 is 1.15 bits per heavy atom. The molecule has 0 aromatic carbocycles. The molecule has 2 heteroatoms. The van der Waals surface area contributed by atoms with Crippen molar-refractivity contribution < 1.29 is 9.28 Å². The summed E-state index contributed by atoms with van der Waals surface area (Å²) in [6.07, 6.45) is 18.2. The van der Waals surface area contributed by atoms with Crippen molar-refractivity contribution in [3.63, 3.8) is 0 Å². The molecule has 0 amide bonds. The number of ketones is 1. The van der Waals surface area contributed by atoms with Crippen molar-refractivity contribution in [2.24, 2.45) is 11.8 Å². The van der Waals surface area contributed by atoms with Gasteiger partial charge in [-0.1, -0.05) is 36.8 Å². The summed E-state index contributed by atoms with van der Waals surface area (Å²) in [6.45, 7) is 11.2. The number of piperidine rings is 1. The van der Waals surface area contributed by atoms with E-state index in [0.29, 0.717) is 11.7 Å². The Hall–Kier alpha value is -1.15. The molecule has 2 saturated heterocycles. The van der Waals surface area contributed by atoms with Crippen LogP contribution >= 0.6 is 0 Å². The van der Waals surface area contributed by atoms with E-state index >= 15 is 0 Å². The van der Waals surface area contributed by atoms with Gasteiger partial charge in [0.15, 0.2) is 5.78 Å². The zero-order chi connectivity index (χ0) is 19.9. The molecule has 152 valence electrons. The van der Waals surface area contributed by atoms with Crippen LogP contribution in [-0.4, -0.2) is 36.4 Å². The molecule has 0 aliphatic carbocycles. The number of quaternary nitrogens is 1. The lowest BCUT2D eigenvalue weighted by molar-refractivity contribution is -0.927. The van der Waals surface area contributed by atoms with Gasteiger partial charge in [-0.05, 0) is 70.8 Å². The van der Waals surface area contributed by atoms with Gasteiger partial charge in [0.2, 0.25) is 0 Å². The molecule has 0 unspecified atom stereocenters. The first-order chi connectivity index (χ1) is 12.8. The standard InChI is InChI=1S/C25H42NO/c1-20(2)10-8-11-21(3)12-9-13-22(4)25(27)16-15-23-17-19-26(5)18-7-6-14-24(23)26/h9-10,12-13,21,23-24H,6-8,11,14-19H2,1-5H3/q+1/b12-9+,22-13+/t21-,23-,24-,26+/m1/s1. The van der Waals surface area contributed by atoms with E-state index in [-0.39, 0.29) is 0 Å². The molecule has 0 radical (unpaired) electrons. The van der Waals surface area contributed by atoms with Crippen LogP contribution in [0.5, 0.6) is 0 Å². The zero-order valence-corrected chi connectivity index (χ0v) is 18.5. The molecule has 0 spiro atoms. The second-order valence-corrected chi connectivity index (χ2v) is 9.57. The molecule has 0 aromatic heterocycles. The van der Waals surface area contributed by atoms with Crippen LogP contribution in [0.3, 0.4) is 0 Å². The van der Waals surface area contributed by atoms with E-state index in [1.165, 1.54) is 55.2 Å². The number of fused-ring (bicyclic) bond motifs is 1. The van der Waals surface area contributed by atoms with Crippen LogP contribution in [0.15, 0.2) is 35.5 Å². The van der Waals surface area contributed by atoms with Crippen molar-refractivity contribution in [2.45, 2.75) is 85.1 Å². The number of nitrogens with zero attached hydrogens (tertiary/aromatic N) is 1. The molecule has 0 aromatic rings. The third-order valence-electron chi connectivity index (χ3n) is 6.92. The first kappa shape index (κ1) is 22.1. The van der Waals surface area contributed by atoms with Crippen LogP contribution in [0.2, 0.25) is 0 Å². The maximum Gasteiger partial charge on any atom is 0.158 e. The smallest absolute Gasteiger partial charge is 0.158 e. The average molecular weight is 373 g/mol. The fourth-order valence-corrected chi connectivity index (χ4v) is 5.04. The predicted molar refractivity (Wildman–Crippen MR) is 117 cm³/mol. The third kappa shape index (κ3) is 6.75. The Morgan fingerprint density at radius 3 is 2.67 bits per heavy atom. The monoisotopic (exact) mass is 372 g/mol. The molecule has 27 heavy (non-hydrogen) atoms. The number of allylic oxidation sites excluding steroid dienone is 6. The van der Waals surface area contributed by atoms with Crippen LogP contribution in [0, 0.1) is 11.8 Å². The van der Waals surface area contributed by atoms with Crippen molar-refractivity contribution in [1.82, 2.24) is 0 Å². The molecular formula is C25H42NO+. The Bertz CT molecular complexity index is 581. The van der Waals surface area contributed by atoms with Crippen LogP contribution in [0.25, 0.3) is 0 Å². The van der Waals surface area contributed by atoms with Gasteiger partial charge in [-0.25, -0.2) is 0 Å². The Kier molecular flexibility index (Phi) is 8.54. The van der Waals surface area contributed by atoms with E-state index in [0.717, 1.165) is 36.8 Å². The lowest BCUT2D eigenvalue weighted by Crippen LogP contribution is -2.52. The average Bonchev–Trinajstić information content (AvgIpc) is 2.95. The Balaban J connectivity index is 1.75. The summed E-state index contributed by atoms with van der Waals surface area (Å²) in [7, 11) is 2.44. The molecule has 2 heterocycles. The zero-order valence-electron chi connectivity index (χ0n) is 18.5. The van der Waals surface area contributed by atoms with Gasteiger partial charge in [-0.3, -0.25) is 4.79 Å². The maximum atomic E-state index is 12.5. The van der Waals surface area contributed by atoms with E-state index in [1.807, 2.05) is 13.0 Å². The van der Waals surface area contributed by atoms with Crippen LogP contribution < -0.4 is 0 Å². The predicted octanol–water partition coefficient (Wildman–Crippen LogP) is 6.24. The topological polar surface area (TPSA) is 17.1 Å². The number of carbonyl (C=O) groups excluding carboxylic acids is 1. The minimum atomic E-state index is 0.341. The SMILES string of the molecule is CC(C)=CCC[C@@H](C)/C=C/C=C(\C)C(=O)CC[C@@H]1CC[N@+]2(C)CCCC[C@H]12. The van der Waals surface area contributed by atoms with Crippen molar-refractivity contribution in [1.29, 1.82) is 0 Å². The molecule has 0 saturated carbocycles. The maximum absolute atomic E-state index is 12.5. The molecule has 2 rings (SSSR count). The highest BCUT2D eigenvalue weighted by atomic mass is 16.1. The van der Waals surface area contributed by atoms with E-state index in [1.54, 1.807) is 0 Å². The van der Waals surface area contributed by atoms with E-state index < -0.39 is 0 Å². The number of hydrogen-bond donors (Lipinski definition) is 0. The van der Waals surface area contributed by atoms with Gasteiger partial charge in [-0.2, -0.15) is 0 Å². The third-order valence-corrected chi connectivity index (χ3v) is 6.92. The summed E-state index contributed by atoms with van der Waals surface area (Å²) in [5.41, 5.74) is 2.31. The Morgan fingerprint density at radius 2 is 1.93 bits per heavy atom.